The van der Waals surface area contributed by atoms with Gasteiger partial charge in [0.25, 0.3) is 0 Å². The Morgan fingerprint density at radius 3 is 2.00 bits per heavy atom. The smallest absolute Gasteiger partial charge is 0.480 e. The molecule has 2 N–H and O–H groups in total. The first-order valence-electron chi connectivity index (χ1n) is 7.45. The minimum absolute atomic E-state index is 0.0819. The first-order valence-corrected chi connectivity index (χ1v) is 7.45. The van der Waals surface area contributed by atoms with E-state index in [9.17, 15) is 18.0 Å². The van der Waals surface area contributed by atoms with Gasteiger partial charge in [0.2, 0.25) is 0 Å². The van der Waals surface area contributed by atoms with Crippen molar-refractivity contribution in [1.29, 1.82) is 5.26 Å². The fourth-order valence-corrected chi connectivity index (χ4v) is 2.32. The van der Waals surface area contributed by atoms with Gasteiger partial charge in [-0.3, -0.25) is 4.90 Å². The molecule has 138 valence electrons. The summed E-state index contributed by atoms with van der Waals surface area (Å²) < 4.78 is 31.7. The topological polar surface area (TPSA) is 102 Å². The van der Waals surface area contributed by atoms with Crippen molar-refractivity contribution in [3.05, 3.63) is 0 Å². The largest absolute Gasteiger partial charge is 0.490 e. The molecule has 1 aliphatic heterocycles. The number of aliphatic carboxylic acids is 2. The Bertz CT molecular complexity index is 498. The highest BCUT2D eigenvalue weighted by Gasteiger charge is 2.40. The molecule has 1 rings (SSSR count). The van der Waals surface area contributed by atoms with Crippen LogP contribution in [0, 0.1) is 22.8 Å². The van der Waals surface area contributed by atoms with Crippen molar-refractivity contribution in [1.82, 2.24) is 4.90 Å². The molecule has 1 saturated heterocycles. The zero-order chi connectivity index (χ0) is 19.3. The van der Waals surface area contributed by atoms with Gasteiger partial charge in [-0.1, -0.05) is 27.7 Å². The Balaban J connectivity index is 0.000000640. The van der Waals surface area contributed by atoms with Crippen LogP contribution in [0.1, 0.15) is 47.0 Å². The van der Waals surface area contributed by atoms with Gasteiger partial charge in [-0.15, -0.1) is 0 Å². The number of hydrogen-bond acceptors (Lipinski definition) is 4. The van der Waals surface area contributed by atoms with Crippen molar-refractivity contribution in [3.8, 4) is 6.19 Å². The molecule has 0 radical (unpaired) electrons. The highest BCUT2D eigenvalue weighted by Crippen LogP contribution is 2.37. The number of hydrogen-bond donors (Lipinski definition) is 2. The van der Waals surface area contributed by atoms with Gasteiger partial charge in [0.15, 0.2) is 6.19 Å². The van der Waals surface area contributed by atoms with Gasteiger partial charge in [0.05, 0.1) is 0 Å². The molecule has 0 amide bonds. The van der Waals surface area contributed by atoms with E-state index in [0.717, 1.165) is 12.8 Å². The van der Waals surface area contributed by atoms with E-state index >= 15 is 0 Å². The molecular weight excluding hydrogens is 329 g/mol. The highest BCUT2D eigenvalue weighted by atomic mass is 19.4. The van der Waals surface area contributed by atoms with Crippen molar-refractivity contribution in [3.63, 3.8) is 0 Å². The Morgan fingerprint density at radius 1 is 1.25 bits per heavy atom. The number of carbonyl (C=O) groups is 2. The lowest BCUT2D eigenvalue weighted by Gasteiger charge is -2.34. The fourth-order valence-electron chi connectivity index (χ4n) is 2.32. The molecule has 1 fully saturated rings. The quantitative estimate of drug-likeness (QED) is 0.754. The van der Waals surface area contributed by atoms with E-state index in [1.807, 2.05) is 0 Å². The van der Waals surface area contributed by atoms with E-state index in [-0.39, 0.29) is 11.5 Å². The average Bonchev–Trinajstić information content (AvgIpc) is 2.80. The molecular formula is C15H23F3N2O4. The number of likely N-dealkylation sites (tertiary alicyclic amines) is 1. The van der Waals surface area contributed by atoms with Crippen molar-refractivity contribution >= 4 is 11.9 Å². The van der Waals surface area contributed by atoms with E-state index in [2.05, 4.69) is 33.9 Å². The summed E-state index contributed by atoms with van der Waals surface area (Å²) >= 11 is 0. The molecule has 24 heavy (non-hydrogen) atoms. The Labute approximate surface area is 138 Å². The number of carboxylic acid groups (broad SMARTS) is 2. The van der Waals surface area contributed by atoms with Gasteiger partial charge < -0.3 is 10.2 Å². The molecule has 1 heterocycles. The Hall–Kier alpha value is -1.98. The second-order valence-corrected chi connectivity index (χ2v) is 6.74. The zero-order valence-electron chi connectivity index (χ0n) is 14.1. The second-order valence-electron chi connectivity index (χ2n) is 6.74. The van der Waals surface area contributed by atoms with Crippen LogP contribution in [0.4, 0.5) is 13.2 Å². The first kappa shape index (κ1) is 22.0. The maximum absolute atomic E-state index is 11.0. The number of nitrogens with zero attached hydrogens (tertiary/aromatic N) is 2. The maximum Gasteiger partial charge on any atom is 0.490 e. The lowest BCUT2D eigenvalue weighted by atomic mass is 9.76. The highest BCUT2D eigenvalue weighted by molar-refractivity contribution is 5.74. The lowest BCUT2D eigenvalue weighted by molar-refractivity contribution is -0.192. The van der Waals surface area contributed by atoms with Crippen molar-refractivity contribution in [2.75, 3.05) is 0 Å². The summed E-state index contributed by atoms with van der Waals surface area (Å²) in [7, 11) is 0. The summed E-state index contributed by atoms with van der Waals surface area (Å²) in [5.41, 5.74) is 0.132. The number of halogens is 3. The van der Waals surface area contributed by atoms with Crippen LogP contribution in [0.25, 0.3) is 0 Å². The van der Waals surface area contributed by atoms with Crippen molar-refractivity contribution < 1.29 is 33.0 Å². The SMILES string of the molecule is CC(C)C(C)(C)CC1CCC(C(=O)O)N1C#N.O=C(O)C(F)(F)F. The third-order valence-corrected chi connectivity index (χ3v) is 4.47. The van der Waals surface area contributed by atoms with Crippen LogP contribution in [0.15, 0.2) is 0 Å². The standard InChI is InChI=1S/C13H22N2O2.C2HF3O2/c1-9(2)13(3,4)7-10-5-6-11(12(16)17)15(10)8-14;3-2(4,5)1(6)7/h9-11H,5-7H2,1-4H3,(H,16,17);(H,6,7). The predicted octanol–water partition coefficient (Wildman–Crippen LogP) is 3.09. The molecule has 0 bridgehead atoms. The predicted molar refractivity (Wildman–Crippen MR) is 78.8 cm³/mol. The van der Waals surface area contributed by atoms with Gasteiger partial charge in [-0.2, -0.15) is 18.4 Å². The molecule has 0 aromatic heterocycles. The summed E-state index contributed by atoms with van der Waals surface area (Å²) in [5, 5.41) is 25.3. The molecule has 2 atom stereocenters. The minimum Gasteiger partial charge on any atom is -0.480 e. The first-order chi connectivity index (χ1) is 10.7. The average molecular weight is 352 g/mol. The van der Waals surface area contributed by atoms with Crippen LogP contribution < -0.4 is 0 Å². The molecule has 2 unspecified atom stereocenters. The van der Waals surface area contributed by atoms with Gasteiger partial charge in [-0.25, -0.2) is 9.59 Å². The van der Waals surface area contributed by atoms with Crippen molar-refractivity contribution in [2.24, 2.45) is 11.3 Å². The molecule has 0 saturated carbocycles. The van der Waals surface area contributed by atoms with E-state index in [1.54, 1.807) is 0 Å². The molecule has 0 aromatic carbocycles. The van der Waals surface area contributed by atoms with Crippen LogP contribution in [-0.2, 0) is 9.59 Å². The monoisotopic (exact) mass is 352 g/mol. The normalized spacial score (nSPS) is 21.0. The molecule has 1 aliphatic rings. The number of carboxylic acids is 2. The molecule has 0 spiro atoms. The molecule has 9 heteroatoms. The van der Waals surface area contributed by atoms with E-state index < -0.39 is 24.2 Å². The zero-order valence-corrected chi connectivity index (χ0v) is 14.1. The Morgan fingerprint density at radius 2 is 1.71 bits per heavy atom. The summed E-state index contributed by atoms with van der Waals surface area (Å²) in [5.74, 6) is -3.11. The summed E-state index contributed by atoms with van der Waals surface area (Å²) in [6, 6.07) is -0.536. The van der Waals surface area contributed by atoms with Gasteiger partial charge in [0, 0.05) is 6.04 Å². The third-order valence-electron chi connectivity index (χ3n) is 4.47. The fraction of sp³-hybridized carbons (Fsp3) is 0.800. The number of rotatable bonds is 4. The summed E-state index contributed by atoms with van der Waals surface area (Å²) in [4.78, 5) is 21.4. The second kappa shape index (κ2) is 8.22. The van der Waals surface area contributed by atoms with E-state index in [1.165, 1.54) is 4.90 Å². The number of alkyl halides is 3. The third kappa shape index (κ3) is 6.26. The van der Waals surface area contributed by atoms with Crippen LogP contribution in [-0.4, -0.2) is 45.3 Å². The van der Waals surface area contributed by atoms with Crippen LogP contribution >= 0.6 is 0 Å². The molecule has 0 aromatic rings. The maximum atomic E-state index is 11.0. The van der Waals surface area contributed by atoms with Gasteiger partial charge >= 0.3 is 18.1 Å². The molecule has 0 aliphatic carbocycles. The summed E-state index contributed by atoms with van der Waals surface area (Å²) in [6.45, 7) is 8.70. The van der Waals surface area contributed by atoms with E-state index in [0.29, 0.717) is 12.3 Å². The van der Waals surface area contributed by atoms with Gasteiger partial charge in [0.1, 0.15) is 6.04 Å². The van der Waals surface area contributed by atoms with Crippen molar-refractivity contribution in [2.45, 2.75) is 65.2 Å². The summed E-state index contributed by atoms with van der Waals surface area (Å²) in [6.07, 6.45) is -0.756. The van der Waals surface area contributed by atoms with Crippen LogP contribution in [0.3, 0.4) is 0 Å². The van der Waals surface area contributed by atoms with Crippen LogP contribution in [0.5, 0.6) is 0 Å². The van der Waals surface area contributed by atoms with Crippen LogP contribution in [0.2, 0.25) is 0 Å². The Kier molecular flexibility index (Phi) is 7.54. The minimum atomic E-state index is -5.08. The molecule has 6 nitrogen and oxygen atoms in total. The lowest BCUT2D eigenvalue weighted by Crippen LogP contribution is -2.39. The van der Waals surface area contributed by atoms with Gasteiger partial charge in [-0.05, 0) is 30.6 Å². The number of nitriles is 1. The van der Waals surface area contributed by atoms with E-state index in [4.69, 9.17) is 20.3 Å².